The standard InChI is InChI=1S/C15H18N2Si/c1-17-12-15(11-16-17)14-7-5-13(6-8-14)9-10-18(2,3)4/h5-8,11-12H,1-4H3. The molecule has 2 aromatic rings. The minimum absolute atomic E-state index is 1.09. The summed E-state index contributed by atoms with van der Waals surface area (Å²) in [5, 5.41) is 4.18. The highest BCUT2D eigenvalue weighted by Gasteiger charge is 2.07. The fourth-order valence-electron chi connectivity index (χ4n) is 1.58. The minimum Gasteiger partial charge on any atom is -0.275 e. The first kappa shape index (κ1) is 12.7. The van der Waals surface area contributed by atoms with Crippen LogP contribution in [0.2, 0.25) is 19.6 Å². The van der Waals surface area contributed by atoms with Crippen LogP contribution in [0.15, 0.2) is 36.7 Å². The van der Waals surface area contributed by atoms with E-state index in [2.05, 4.69) is 60.5 Å². The van der Waals surface area contributed by atoms with E-state index in [4.69, 9.17) is 0 Å². The van der Waals surface area contributed by atoms with E-state index in [1.807, 2.05) is 24.1 Å². The highest BCUT2D eigenvalue weighted by molar-refractivity contribution is 6.83. The molecule has 0 spiro atoms. The Kier molecular flexibility index (Phi) is 3.40. The molecule has 0 radical (unpaired) electrons. The highest BCUT2D eigenvalue weighted by Crippen LogP contribution is 2.18. The van der Waals surface area contributed by atoms with Gasteiger partial charge < -0.3 is 0 Å². The maximum absolute atomic E-state index is 4.18. The summed E-state index contributed by atoms with van der Waals surface area (Å²) in [7, 11) is 0.639. The van der Waals surface area contributed by atoms with Crippen molar-refractivity contribution in [1.29, 1.82) is 0 Å². The molecule has 0 N–H and O–H groups in total. The molecule has 0 aliphatic heterocycles. The van der Waals surface area contributed by atoms with Crippen LogP contribution in [-0.2, 0) is 7.05 Å². The van der Waals surface area contributed by atoms with E-state index >= 15 is 0 Å². The van der Waals surface area contributed by atoms with Gasteiger partial charge in [-0.05, 0) is 17.7 Å². The Balaban J connectivity index is 2.22. The number of hydrogen-bond donors (Lipinski definition) is 0. The number of nitrogens with zero attached hydrogens (tertiary/aromatic N) is 2. The van der Waals surface area contributed by atoms with E-state index in [1.54, 1.807) is 0 Å². The van der Waals surface area contributed by atoms with Crippen LogP contribution in [0.1, 0.15) is 5.56 Å². The first-order valence-corrected chi connectivity index (χ1v) is 9.56. The fourth-order valence-corrected chi connectivity index (χ4v) is 2.10. The predicted octanol–water partition coefficient (Wildman–Crippen LogP) is 3.32. The van der Waals surface area contributed by atoms with Crippen molar-refractivity contribution in [1.82, 2.24) is 9.78 Å². The summed E-state index contributed by atoms with van der Waals surface area (Å²) < 4.78 is 1.81. The van der Waals surface area contributed by atoms with Gasteiger partial charge in [0, 0.05) is 24.4 Å². The molecule has 92 valence electrons. The monoisotopic (exact) mass is 254 g/mol. The number of benzene rings is 1. The van der Waals surface area contributed by atoms with Crippen molar-refractivity contribution in [3.8, 4) is 22.6 Å². The third kappa shape index (κ3) is 3.35. The molecule has 3 heteroatoms. The van der Waals surface area contributed by atoms with Crippen LogP contribution in [0.5, 0.6) is 0 Å². The van der Waals surface area contributed by atoms with Gasteiger partial charge in [-0.15, -0.1) is 5.54 Å². The molecule has 1 heterocycles. The second-order valence-corrected chi connectivity index (χ2v) is 10.2. The molecule has 0 saturated heterocycles. The van der Waals surface area contributed by atoms with Gasteiger partial charge >= 0.3 is 0 Å². The van der Waals surface area contributed by atoms with Gasteiger partial charge in [0.2, 0.25) is 0 Å². The van der Waals surface area contributed by atoms with Gasteiger partial charge in [0.15, 0.2) is 0 Å². The minimum atomic E-state index is -1.29. The molecule has 0 fully saturated rings. The topological polar surface area (TPSA) is 17.8 Å². The van der Waals surface area contributed by atoms with Crippen molar-refractivity contribution in [3.63, 3.8) is 0 Å². The zero-order chi connectivity index (χ0) is 13.2. The zero-order valence-electron chi connectivity index (χ0n) is 11.4. The maximum Gasteiger partial charge on any atom is 0.129 e. The Morgan fingerprint density at radius 1 is 1.06 bits per heavy atom. The molecule has 0 saturated carbocycles. The third-order valence-electron chi connectivity index (χ3n) is 2.50. The van der Waals surface area contributed by atoms with Crippen LogP contribution in [0.25, 0.3) is 11.1 Å². The molecule has 0 amide bonds. The summed E-state index contributed by atoms with van der Waals surface area (Å²) in [6, 6.07) is 8.36. The molecule has 2 nitrogen and oxygen atoms in total. The van der Waals surface area contributed by atoms with Crippen LogP contribution in [0.3, 0.4) is 0 Å². The van der Waals surface area contributed by atoms with Gasteiger partial charge in [-0.3, -0.25) is 4.68 Å². The van der Waals surface area contributed by atoms with Crippen LogP contribution < -0.4 is 0 Å². The van der Waals surface area contributed by atoms with E-state index in [1.165, 1.54) is 5.56 Å². The SMILES string of the molecule is Cn1cc(-c2ccc(C#C[Si](C)(C)C)cc2)cn1. The Hall–Kier alpha value is -1.79. The molecular formula is C15H18N2Si. The average Bonchev–Trinajstić information content (AvgIpc) is 2.73. The molecule has 0 aliphatic rings. The largest absolute Gasteiger partial charge is 0.275 e. The van der Waals surface area contributed by atoms with Gasteiger partial charge in [-0.2, -0.15) is 5.10 Å². The molecule has 0 aliphatic carbocycles. The van der Waals surface area contributed by atoms with Gasteiger partial charge in [0.05, 0.1) is 6.20 Å². The van der Waals surface area contributed by atoms with E-state index in [0.29, 0.717) is 0 Å². The summed E-state index contributed by atoms with van der Waals surface area (Å²) in [5.74, 6) is 3.26. The maximum atomic E-state index is 4.18. The van der Waals surface area contributed by atoms with Crippen molar-refractivity contribution < 1.29 is 0 Å². The third-order valence-corrected chi connectivity index (χ3v) is 3.38. The fraction of sp³-hybridized carbons (Fsp3) is 0.267. The summed E-state index contributed by atoms with van der Waals surface area (Å²) in [5.41, 5.74) is 6.78. The van der Waals surface area contributed by atoms with Crippen molar-refractivity contribution in [2.75, 3.05) is 0 Å². The predicted molar refractivity (Wildman–Crippen MR) is 78.9 cm³/mol. The lowest BCUT2D eigenvalue weighted by Crippen LogP contribution is -2.16. The average molecular weight is 254 g/mol. The van der Waals surface area contributed by atoms with Crippen LogP contribution in [-0.4, -0.2) is 17.9 Å². The van der Waals surface area contributed by atoms with Gasteiger partial charge in [0.1, 0.15) is 8.07 Å². The molecule has 1 aromatic carbocycles. The van der Waals surface area contributed by atoms with E-state index in [0.717, 1.165) is 11.1 Å². The van der Waals surface area contributed by atoms with Gasteiger partial charge in [-0.1, -0.05) is 37.7 Å². The molecule has 0 unspecified atom stereocenters. The second-order valence-electron chi connectivity index (χ2n) is 5.48. The van der Waals surface area contributed by atoms with Crippen molar-refractivity contribution >= 4 is 8.07 Å². The van der Waals surface area contributed by atoms with Crippen molar-refractivity contribution in [2.24, 2.45) is 7.05 Å². The van der Waals surface area contributed by atoms with Crippen LogP contribution >= 0.6 is 0 Å². The molecule has 1 aromatic heterocycles. The smallest absolute Gasteiger partial charge is 0.129 e. The van der Waals surface area contributed by atoms with Crippen molar-refractivity contribution in [2.45, 2.75) is 19.6 Å². The number of hydrogen-bond acceptors (Lipinski definition) is 1. The molecular weight excluding hydrogens is 236 g/mol. The van der Waals surface area contributed by atoms with Crippen LogP contribution in [0, 0.1) is 11.5 Å². The lowest BCUT2D eigenvalue weighted by atomic mass is 10.1. The van der Waals surface area contributed by atoms with Gasteiger partial charge in [0.25, 0.3) is 0 Å². The molecule has 0 bridgehead atoms. The second kappa shape index (κ2) is 4.83. The lowest BCUT2D eigenvalue weighted by Gasteiger charge is -2.03. The summed E-state index contributed by atoms with van der Waals surface area (Å²) in [4.78, 5) is 0. The first-order valence-electron chi connectivity index (χ1n) is 6.06. The van der Waals surface area contributed by atoms with E-state index < -0.39 is 8.07 Å². The van der Waals surface area contributed by atoms with E-state index in [-0.39, 0.29) is 0 Å². The Labute approximate surface area is 110 Å². The first-order chi connectivity index (χ1) is 8.44. The summed E-state index contributed by atoms with van der Waals surface area (Å²) in [6.45, 7) is 6.76. The zero-order valence-corrected chi connectivity index (χ0v) is 12.4. The Morgan fingerprint density at radius 2 is 1.72 bits per heavy atom. The number of aryl methyl sites for hydroxylation is 1. The lowest BCUT2D eigenvalue weighted by molar-refractivity contribution is 0.768. The summed E-state index contributed by atoms with van der Waals surface area (Å²) in [6.07, 6.45) is 3.89. The Bertz CT molecular complexity index is 592. The Morgan fingerprint density at radius 3 is 2.22 bits per heavy atom. The molecule has 0 atom stereocenters. The molecule has 2 rings (SSSR count). The van der Waals surface area contributed by atoms with Gasteiger partial charge in [-0.25, -0.2) is 0 Å². The normalized spacial score (nSPS) is 10.9. The van der Waals surface area contributed by atoms with E-state index in [9.17, 15) is 0 Å². The highest BCUT2D eigenvalue weighted by atomic mass is 28.3. The van der Waals surface area contributed by atoms with Crippen LogP contribution in [0.4, 0.5) is 0 Å². The summed E-state index contributed by atoms with van der Waals surface area (Å²) >= 11 is 0. The number of aromatic nitrogens is 2. The molecule has 18 heavy (non-hydrogen) atoms. The van der Waals surface area contributed by atoms with Crippen molar-refractivity contribution in [3.05, 3.63) is 42.2 Å². The quantitative estimate of drug-likeness (QED) is 0.564. The number of rotatable bonds is 1.